The molecule has 4 rings (SSSR count). The Bertz CT molecular complexity index is 736. The number of benzene rings is 2. The second-order valence-electron chi connectivity index (χ2n) is 5.36. The number of hydrogen-bond donors (Lipinski definition) is 1. The fraction of sp³-hybridized carbons (Fsp3) is 0.167. The predicted octanol–water partition coefficient (Wildman–Crippen LogP) is 3.09. The number of carbonyl (C=O) groups is 1. The summed E-state index contributed by atoms with van der Waals surface area (Å²) in [7, 11) is 0. The van der Waals surface area contributed by atoms with Gasteiger partial charge in [0.05, 0.1) is 6.61 Å². The molecular weight excluding hydrogens is 262 g/mol. The Morgan fingerprint density at radius 2 is 1.81 bits per heavy atom. The first-order chi connectivity index (χ1) is 10.3. The van der Waals surface area contributed by atoms with Gasteiger partial charge in [0.25, 0.3) is 5.91 Å². The van der Waals surface area contributed by atoms with E-state index in [2.05, 4.69) is 23.5 Å². The van der Waals surface area contributed by atoms with Crippen LogP contribution in [-0.4, -0.2) is 12.5 Å². The van der Waals surface area contributed by atoms with E-state index in [1.165, 1.54) is 0 Å². The Kier molecular flexibility index (Phi) is 2.69. The molecule has 1 fully saturated rings. The van der Waals surface area contributed by atoms with Gasteiger partial charge in [0.15, 0.2) is 5.72 Å². The summed E-state index contributed by atoms with van der Waals surface area (Å²) in [5, 5.41) is 3.04. The second kappa shape index (κ2) is 4.57. The van der Waals surface area contributed by atoms with Crippen LogP contribution in [0.3, 0.4) is 0 Å². The number of hydrogen-bond acceptors (Lipinski definition) is 2. The monoisotopic (exact) mass is 277 g/mol. The van der Waals surface area contributed by atoms with Crippen molar-refractivity contribution in [1.29, 1.82) is 0 Å². The summed E-state index contributed by atoms with van der Waals surface area (Å²) in [5.41, 5.74) is 3.08. The minimum absolute atomic E-state index is 0.0635. The first-order valence-electron chi connectivity index (χ1n) is 7.12. The highest BCUT2D eigenvalue weighted by Crippen LogP contribution is 2.44. The Hall–Kier alpha value is -2.39. The summed E-state index contributed by atoms with van der Waals surface area (Å²) < 4.78 is 5.98. The van der Waals surface area contributed by atoms with Gasteiger partial charge in [-0.25, -0.2) is 0 Å². The van der Waals surface area contributed by atoms with Crippen LogP contribution in [0.5, 0.6) is 0 Å². The Morgan fingerprint density at radius 3 is 2.67 bits per heavy atom. The number of carbonyl (C=O) groups excluding carboxylic acids is 1. The molecule has 0 radical (unpaired) electrons. The number of fused-ring (bicyclic) bond motifs is 2. The molecule has 2 aliphatic heterocycles. The molecule has 1 amide bonds. The largest absolute Gasteiger partial charge is 0.347 e. The molecule has 2 aliphatic rings. The van der Waals surface area contributed by atoms with Crippen LogP contribution in [0, 0.1) is 0 Å². The van der Waals surface area contributed by atoms with E-state index >= 15 is 0 Å². The van der Waals surface area contributed by atoms with Crippen molar-refractivity contribution in [2.24, 2.45) is 0 Å². The van der Waals surface area contributed by atoms with Gasteiger partial charge < -0.3 is 10.1 Å². The van der Waals surface area contributed by atoms with Crippen LogP contribution >= 0.6 is 0 Å². The Labute approximate surface area is 123 Å². The van der Waals surface area contributed by atoms with Crippen LogP contribution in [0.25, 0.3) is 6.08 Å². The molecule has 0 aromatic heterocycles. The van der Waals surface area contributed by atoms with Crippen molar-refractivity contribution in [3.8, 4) is 0 Å². The lowest BCUT2D eigenvalue weighted by Gasteiger charge is -2.26. The lowest BCUT2D eigenvalue weighted by molar-refractivity contribution is 0.00401. The smallest absolute Gasteiger partial charge is 0.254 e. The molecule has 1 saturated heterocycles. The Balaban J connectivity index is 1.85. The molecule has 2 aromatic rings. The summed E-state index contributed by atoms with van der Waals surface area (Å²) in [6, 6.07) is 17.8. The quantitative estimate of drug-likeness (QED) is 0.870. The SMILES string of the molecule is O=C1N[C@]2(OCC/C2=C\c2ccccc2)c2ccccc21. The summed E-state index contributed by atoms with van der Waals surface area (Å²) in [4.78, 5) is 12.2. The average Bonchev–Trinajstić information content (AvgIpc) is 3.04. The van der Waals surface area contributed by atoms with Crippen molar-refractivity contribution in [2.45, 2.75) is 12.1 Å². The average molecular weight is 277 g/mol. The minimum Gasteiger partial charge on any atom is -0.347 e. The molecule has 3 nitrogen and oxygen atoms in total. The third-order valence-corrected chi connectivity index (χ3v) is 4.12. The van der Waals surface area contributed by atoms with E-state index in [1.807, 2.05) is 42.5 Å². The third kappa shape index (κ3) is 1.82. The first kappa shape index (κ1) is 12.4. The molecule has 1 N–H and O–H groups in total. The highest BCUT2D eigenvalue weighted by molar-refractivity contribution is 6.00. The van der Waals surface area contributed by atoms with E-state index in [-0.39, 0.29) is 5.91 Å². The molecule has 0 aliphatic carbocycles. The maximum atomic E-state index is 12.2. The first-order valence-corrected chi connectivity index (χ1v) is 7.12. The topological polar surface area (TPSA) is 38.3 Å². The van der Waals surface area contributed by atoms with Crippen LogP contribution < -0.4 is 5.32 Å². The van der Waals surface area contributed by atoms with Gasteiger partial charge >= 0.3 is 0 Å². The van der Waals surface area contributed by atoms with Gasteiger partial charge in [0, 0.05) is 11.1 Å². The van der Waals surface area contributed by atoms with Crippen molar-refractivity contribution in [2.75, 3.05) is 6.61 Å². The molecule has 2 heterocycles. The number of nitrogens with one attached hydrogen (secondary N) is 1. The predicted molar refractivity (Wildman–Crippen MR) is 80.6 cm³/mol. The van der Waals surface area contributed by atoms with E-state index in [9.17, 15) is 4.79 Å². The van der Waals surface area contributed by atoms with Crippen molar-refractivity contribution in [3.63, 3.8) is 0 Å². The fourth-order valence-electron chi connectivity index (χ4n) is 3.16. The summed E-state index contributed by atoms with van der Waals surface area (Å²) in [6.07, 6.45) is 2.94. The van der Waals surface area contributed by atoms with Gasteiger partial charge in [-0.05, 0) is 23.6 Å². The van der Waals surface area contributed by atoms with Crippen molar-refractivity contribution >= 4 is 12.0 Å². The maximum absolute atomic E-state index is 12.2. The zero-order valence-electron chi connectivity index (χ0n) is 11.5. The van der Waals surface area contributed by atoms with Gasteiger partial charge in [-0.1, -0.05) is 54.6 Å². The van der Waals surface area contributed by atoms with E-state index in [4.69, 9.17) is 4.74 Å². The Morgan fingerprint density at radius 1 is 1.05 bits per heavy atom. The van der Waals surface area contributed by atoms with Crippen LogP contribution in [0.1, 0.15) is 27.9 Å². The lowest BCUT2D eigenvalue weighted by Crippen LogP contribution is -2.39. The normalized spacial score (nSPS) is 25.3. The van der Waals surface area contributed by atoms with Gasteiger partial charge in [-0.2, -0.15) is 0 Å². The molecule has 0 bridgehead atoms. The molecule has 1 atom stereocenters. The zero-order chi connectivity index (χ0) is 14.3. The molecule has 21 heavy (non-hydrogen) atoms. The maximum Gasteiger partial charge on any atom is 0.254 e. The molecule has 0 saturated carbocycles. The second-order valence-corrected chi connectivity index (χ2v) is 5.36. The molecule has 1 spiro atoms. The standard InChI is InChI=1S/C18H15NO2/c20-17-15-8-4-5-9-16(15)18(19-17)14(10-11-21-18)12-13-6-2-1-3-7-13/h1-9,12H,10-11H2,(H,19,20)/b14-12+/t18-/m1/s1. The molecule has 2 aromatic carbocycles. The van der Waals surface area contributed by atoms with Gasteiger partial charge in [-0.3, -0.25) is 4.79 Å². The van der Waals surface area contributed by atoms with Gasteiger partial charge in [0.2, 0.25) is 0 Å². The lowest BCUT2D eigenvalue weighted by atomic mass is 9.93. The van der Waals surface area contributed by atoms with Crippen molar-refractivity contribution in [1.82, 2.24) is 5.32 Å². The minimum atomic E-state index is -0.774. The van der Waals surface area contributed by atoms with Crippen LogP contribution in [-0.2, 0) is 10.5 Å². The highest BCUT2D eigenvalue weighted by atomic mass is 16.5. The van der Waals surface area contributed by atoms with Gasteiger partial charge in [0.1, 0.15) is 0 Å². The summed E-state index contributed by atoms with van der Waals surface area (Å²) in [6.45, 7) is 0.618. The zero-order valence-corrected chi connectivity index (χ0v) is 11.5. The van der Waals surface area contributed by atoms with Crippen LogP contribution in [0.15, 0.2) is 60.2 Å². The molecule has 104 valence electrons. The van der Waals surface area contributed by atoms with E-state index < -0.39 is 5.72 Å². The summed E-state index contributed by atoms with van der Waals surface area (Å²) in [5.74, 6) is -0.0635. The van der Waals surface area contributed by atoms with Crippen molar-refractivity contribution < 1.29 is 9.53 Å². The highest BCUT2D eigenvalue weighted by Gasteiger charge is 2.49. The van der Waals surface area contributed by atoms with E-state index in [1.54, 1.807) is 0 Å². The molecular formula is C18H15NO2. The molecule has 0 unspecified atom stereocenters. The summed E-state index contributed by atoms with van der Waals surface area (Å²) >= 11 is 0. The van der Waals surface area contributed by atoms with Crippen molar-refractivity contribution in [3.05, 3.63) is 76.9 Å². The number of ether oxygens (including phenoxy) is 1. The van der Waals surface area contributed by atoms with Crippen LogP contribution in [0.4, 0.5) is 0 Å². The van der Waals surface area contributed by atoms with E-state index in [0.29, 0.717) is 12.2 Å². The molecule has 3 heteroatoms. The fourth-order valence-corrected chi connectivity index (χ4v) is 3.16. The number of amides is 1. The number of rotatable bonds is 1. The van der Waals surface area contributed by atoms with Crippen LogP contribution in [0.2, 0.25) is 0 Å². The van der Waals surface area contributed by atoms with E-state index in [0.717, 1.165) is 23.1 Å². The van der Waals surface area contributed by atoms with Gasteiger partial charge in [-0.15, -0.1) is 0 Å². The third-order valence-electron chi connectivity index (χ3n) is 4.12.